The zero-order valence-corrected chi connectivity index (χ0v) is 16.3. The van der Waals surface area contributed by atoms with E-state index in [-0.39, 0.29) is 30.7 Å². The third-order valence-electron chi connectivity index (χ3n) is 5.01. The molecule has 1 amide bonds. The first-order chi connectivity index (χ1) is 11.8. The quantitative estimate of drug-likeness (QED) is 0.841. The molecule has 2 aliphatic heterocycles. The second kappa shape index (κ2) is 9.15. The molecule has 1 N–H and O–H groups in total. The minimum Gasteiger partial charge on any atom is -0.385 e. The van der Waals surface area contributed by atoms with Gasteiger partial charge in [-0.05, 0) is 42.7 Å². The summed E-state index contributed by atoms with van der Waals surface area (Å²) in [5.41, 5.74) is 4.45. The molecule has 2 aliphatic rings. The van der Waals surface area contributed by atoms with Gasteiger partial charge >= 0.3 is 0 Å². The first-order valence-electron chi connectivity index (χ1n) is 8.78. The van der Waals surface area contributed by atoms with Crippen LogP contribution in [0.15, 0.2) is 48.5 Å². The Morgan fingerprint density at radius 1 is 0.885 bits per heavy atom. The van der Waals surface area contributed by atoms with Crippen molar-refractivity contribution in [1.29, 1.82) is 0 Å². The van der Waals surface area contributed by atoms with E-state index in [1.807, 2.05) is 23.1 Å². The Bertz CT molecular complexity index is 731. The van der Waals surface area contributed by atoms with E-state index in [0.717, 1.165) is 56.8 Å². The molecule has 2 aromatic carbocycles. The molecule has 2 aromatic rings. The highest BCUT2D eigenvalue weighted by molar-refractivity contribution is 5.97. The van der Waals surface area contributed by atoms with Crippen molar-refractivity contribution in [2.24, 2.45) is 0 Å². The number of amides is 1. The summed E-state index contributed by atoms with van der Waals surface area (Å²) in [5.74, 6) is 0.184. The zero-order chi connectivity index (χ0) is 16.4. The molecular formula is C20H25Cl2N3O. The lowest BCUT2D eigenvalue weighted by Gasteiger charge is -2.36. The predicted molar refractivity (Wildman–Crippen MR) is 112 cm³/mol. The van der Waals surface area contributed by atoms with Crippen LogP contribution in [0, 0.1) is 0 Å². The summed E-state index contributed by atoms with van der Waals surface area (Å²) in [5, 5.41) is 3.41. The highest BCUT2D eigenvalue weighted by atomic mass is 35.5. The summed E-state index contributed by atoms with van der Waals surface area (Å²) >= 11 is 0. The molecule has 0 unspecified atom stereocenters. The summed E-state index contributed by atoms with van der Waals surface area (Å²) < 4.78 is 0. The summed E-state index contributed by atoms with van der Waals surface area (Å²) in [6.07, 6.45) is 2.09. The van der Waals surface area contributed by atoms with Crippen molar-refractivity contribution in [3.8, 4) is 0 Å². The number of carbonyl (C=O) groups excluding carboxylic acids is 1. The molecule has 1 fully saturated rings. The van der Waals surface area contributed by atoms with Crippen molar-refractivity contribution in [2.75, 3.05) is 42.9 Å². The van der Waals surface area contributed by atoms with Crippen LogP contribution in [0.4, 0.5) is 11.4 Å². The molecule has 140 valence electrons. The van der Waals surface area contributed by atoms with Gasteiger partial charge < -0.3 is 15.1 Å². The molecule has 4 rings (SSSR count). The number of rotatable bonds is 2. The number of nitrogens with one attached hydrogen (secondary N) is 1. The highest BCUT2D eigenvalue weighted by Crippen LogP contribution is 2.27. The number of carbonyl (C=O) groups is 1. The molecule has 0 aromatic heterocycles. The Labute approximate surface area is 167 Å². The van der Waals surface area contributed by atoms with E-state index < -0.39 is 0 Å². The second-order valence-corrected chi connectivity index (χ2v) is 6.48. The van der Waals surface area contributed by atoms with Crippen LogP contribution >= 0.6 is 24.8 Å². The normalized spacial score (nSPS) is 15.8. The topological polar surface area (TPSA) is 35.6 Å². The van der Waals surface area contributed by atoms with Gasteiger partial charge in [0.15, 0.2) is 0 Å². The lowest BCUT2D eigenvalue weighted by Crippen LogP contribution is -2.49. The molecule has 0 radical (unpaired) electrons. The summed E-state index contributed by atoms with van der Waals surface area (Å²) in [4.78, 5) is 17.4. The Balaban J connectivity index is 0.00000121. The number of para-hydroxylation sites is 1. The van der Waals surface area contributed by atoms with Crippen molar-refractivity contribution < 1.29 is 4.79 Å². The maximum Gasteiger partial charge on any atom is 0.254 e. The van der Waals surface area contributed by atoms with E-state index in [1.54, 1.807) is 0 Å². The number of halogens is 2. The van der Waals surface area contributed by atoms with Crippen LogP contribution in [0.3, 0.4) is 0 Å². The lowest BCUT2D eigenvalue weighted by molar-refractivity contribution is 0.0745. The lowest BCUT2D eigenvalue weighted by atomic mass is 9.96. The van der Waals surface area contributed by atoms with E-state index in [0.29, 0.717) is 0 Å². The van der Waals surface area contributed by atoms with Crippen LogP contribution in [-0.4, -0.2) is 43.5 Å². The first-order valence-corrected chi connectivity index (χ1v) is 8.78. The molecule has 2 heterocycles. The number of hydrogen-bond acceptors (Lipinski definition) is 3. The van der Waals surface area contributed by atoms with E-state index in [2.05, 4.69) is 40.5 Å². The van der Waals surface area contributed by atoms with Crippen molar-refractivity contribution >= 4 is 42.1 Å². The van der Waals surface area contributed by atoms with Gasteiger partial charge in [0.1, 0.15) is 0 Å². The largest absolute Gasteiger partial charge is 0.385 e. The molecule has 26 heavy (non-hydrogen) atoms. The minimum atomic E-state index is 0. The van der Waals surface area contributed by atoms with Crippen LogP contribution in [0.1, 0.15) is 22.3 Å². The first kappa shape index (κ1) is 20.4. The van der Waals surface area contributed by atoms with Crippen LogP contribution in [0.25, 0.3) is 0 Å². The van der Waals surface area contributed by atoms with Crippen molar-refractivity contribution in [2.45, 2.75) is 12.8 Å². The monoisotopic (exact) mass is 393 g/mol. The predicted octanol–water partition coefficient (Wildman–Crippen LogP) is 3.85. The maximum atomic E-state index is 13.0. The molecule has 0 aliphatic carbocycles. The molecule has 1 saturated heterocycles. The van der Waals surface area contributed by atoms with Gasteiger partial charge in [-0.15, -0.1) is 24.8 Å². The molecule has 0 atom stereocenters. The van der Waals surface area contributed by atoms with Gasteiger partial charge in [0.05, 0.1) is 0 Å². The molecular weight excluding hydrogens is 369 g/mol. The van der Waals surface area contributed by atoms with Gasteiger partial charge in [0.2, 0.25) is 0 Å². The third-order valence-corrected chi connectivity index (χ3v) is 5.01. The van der Waals surface area contributed by atoms with E-state index >= 15 is 0 Å². The fourth-order valence-corrected chi connectivity index (χ4v) is 3.69. The Morgan fingerprint density at radius 3 is 2.35 bits per heavy atom. The number of benzene rings is 2. The van der Waals surface area contributed by atoms with Crippen LogP contribution in [0.2, 0.25) is 0 Å². The smallest absolute Gasteiger partial charge is 0.254 e. The van der Waals surface area contributed by atoms with Crippen LogP contribution in [-0.2, 0) is 6.42 Å². The average Bonchev–Trinajstić information content (AvgIpc) is 2.68. The zero-order valence-electron chi connectivity index (χ0n) is 14.7. The van der Waals surface area contributed by atoms with Gasteiger partial charge in [-0.1, -0.05) is 24.3 Å². The third kappa shape index (κ3) is 4.08. The van der Waals surface area contributed by atoms with Crippen LogP contribution in [0.5, 0.6) is 0 Å². The number of hydrogen-bond donors (Lipinski definition) is 1. The maximum absolute atomic E-state index is 13.0. The minimum absolute atomic E-state index is 0. The number of nitrogens with zero attached hydrogens (tertiary/aromatic N) is 2. The average molecular weight is 394 g/mol. The summed E-state index contributed by atoms with van der Waals surface area (Å²) in [7, 11) is 0. The Hall–Kier alpha value is -1.91. The number of fused-ring (bicyclic) bond motifs is 1. The number of piperazine rings is 1. The fourth-order valence-electron chi connectivity index (χ4n) is 3.69. The van der Waals surface area contributed by atoms with Gasteiger partial charge in [-0.25, -0.2) is 0 Å². The van der Waals surface area contributed by atoms with Crippen molar-refractivity contribution in [1.82, 2.24) is 4.90 Å². The molecule has 0 spiro atoms. The van der Waals surface area contributed by atoms with Crippen LogP contribution < -0.4 is 10.2 Å². The van der Waals surface area contributed by atoms with Gasteiger partial charge in [-0.3, -0.25) is 4.79 Å². The Kier molecular flexibility index (Phi) is 7.18. The number of anilines is 2. The highest BCUT2D eigenvalue weighted by Gasteiger charge is 2.25. The van der Waals surface area contributed by atoms with Crippen molar-refractivity contribution in [3.05, 3.63) is 59.7 Å². The molecule has 6 heteroatoms. The second-order valence-electron chi connectivity index (χ2n) is 6.48. The molecule has 0 bridgehead atoms. The van der Waals surface area contributed by atoms with E-state index in [1.165, 1.54) is 11.3 Å². The van der Waals surface area contributed by atoms with Gasteiger partial charge in [0.25, 0.3) is 5.91 Å². The summed E-state index contributed by atoms with van der Waals surface area (Å²) in [6, 6.07) is 16.5. The van der Waals surface area contributed by atoms with Gasteiger partial charge in [-0.2, -0.15) is 0 Å². The fraction of sp³-hybridized carbons (Fsp3) is 0.350. The molecule has 0 saturated carbocycles. The standard InChI is InChI=1S/C20H23N3O.2ClH/c24-20(18-8-4-10-19-17(18)9-5-11-21-19)23-14-12-22(13-15-23)16-6-2-1-3-7-16;;/h1-4,6-8,10,21H,5,9,11-15H2;2*1H. The van der Waals surface area contributed by atoms with Crippen molar-refractivity contribution in [3.63, 3.8) is 0 Å². The van der Waals surface area contributed by atoms with Gasteiger partial charge in [0, 0.05) is 49.7 Å². The molecule has 4 nitrogen and oxygen atoms in total. The van der Waals surface area contributed by atoms with E-state index in [4.69, 9.17) is 0 Å². The SMILES string of the molecule is Cl.Cl.O=C(c1cccc2c1CCCN2)N1CCN(c2ccccc2)CC1. The Morgan fingerprint density at radius 2 is 1.62 bits per heavy atom. The van der Waals surface area contributed by atoms with E-state index in [9.17, 15) is 4.79 Å². The summed E-state index contributed by atoms with van der Waals surface area (Å²) in [6.45, 7) is 4.35.